The van der Waals surface area contributed by atoms with Crippen LogP contribution in [0.25, 0.3) is 21.7 Å². The number of allylic oxidation sites excluding steroid dienone is 1. The second kappa shape index (κ2) is 14.6. The minimum atomic E-state index is -3.91. The summed E-state index contributed by atoms with van der Waals surface area (Å²) in [5, 5.41) is 6.63. The summed E-state index contributed by atoms with van der Waals surface area (Å²) in [5.74, 6) is -3.35. The third-order valence-electron chi connectivity index (χ3n) is 11.0. The lowest BCUT2D eigenvalue weighted by Gasteiger charge is -2.29. The van der Waals surface area contributed by atoms with E-state index in [2.05, 4.69) is 20.3 Å². The van der Waals surface area contributed by atoms with Gasteiger partial charge in [-0.25, -0.2) is 17.8 Å². The Bertz CT molecular complexity index is 2340. The van der Waals surface area contributed by atoms with Crippen LogP contribution in [0, 0.1) is 18.7 Å². The molecule has 4 aliphatic rings. The van der Waals surface area contributed by atoms with E-state index < -0.39 is 74.4 Å². The molecule has 0 bridgehead atoms. The highest BCUT2D eigenvalue weighted by molar-refractivity contribution is 7.91. The zero-order valence-corrected chi connectivity index (χ0v) is 31.9. The highest BCUT2D eigenvalue weighted by Crippen LogP contribution is 2.46. The standard InChI is InChI=1S/C40H42FN5O7S2/c1-23-16-19-33(54-23)36(48)42-31-15-6-4-2-3-5-10-24-21-40(24,39(50)45-55(51,52)26-17-18-26)44-35(47)32-20-25(22-46(32)38(31)49)53-37-34-28(12-9-13-29(34)41)27-11-7-8-14-30(27)43-37/h5,7-14,16,19,24-26,31-32H,2-4,6,15,17-18,20-22H2,1H3,(H,42,48)(H,44,47)(H,45,50)/b10-5-/t24-,25-,31+,32+,40-/m1/s1. The van der Waals surface area contributed by atoms with Gasteiger partial charge in [-0.05, 0) is 75.1 Å². The monoisotopic (exact) mass is 787 g/mol. The number of rotatable bonds is 7. The van der Waals surface area contributed by atoms with E-state index in [0.29, 0.717) is 47.9 Å². The molecule has 2 aliphatic carbocycles. The van der Waals surface area contributed by atoms with E-state index >= 15 is 4.39 Å². The molecule has 5 atom stereocenters. The molecule has 8 rings (SSSR count). The molecule has 0 spiro atoms. The van der Waals surface area contributed by atoms with E-state index in [-0.39, 0.29) is 30.7 Å². The number of carbonyl (C=O) groups is 4. The third-order valence-corrected chi connectivity index (χ3v) is 13.9. The first-order valence-corrected chi connectivity index (χ1v) is 21.2. The van der Waals surface area contributed by atoms with Crippen LogP contribution in [0.2, 0.25) is 0 Å². The molecule has 0 radical (unpaired) electrons. The van der Waals surface area contributed by atoms with E-state index in [1.165, 1.54) is 22.3 Å². The van der Waals surface area contributed by atoms with E-state index in [0.717, 1.165) is 23.1 Å². The predicted molar refractivity (Wildman–Crippen MR) is 205 cm³/mol. The number of nitrogens with one attached hydrogen (secondary N) is 3. The molecule has 288 valence electrons. The Labute approximate surface area is 321 Å². The van der Waals surface area contributed by atoms with Crippen LogP contribution in [0.15, 0.2) is 66.7 Å². The highest BCUT2D eigenvalue weighted by atomic mass is 32.2. The number of nitrogens with zero attached hydrogens (tertiary/aromatic N) is 2. The summed E-state index contributed by atoms with van der Waals surface area (Å²) < 4.78 is 49.9. The fourth-order valence-corrected chi connectivity index (χ4v) is 9.94. The van der Waals surface area contributed by atoms with Crippen molar-refractivity contribution in [3.05, 3.63) is 82.3 Å². The molecule has 4 amide bonds. The minimum absolute atomic E-state index is 0.0128. The third kappa shape index (κ3) is 7.43. The van der Waals surface area contributed by atoms with Gasteiger partial charge in [-0.2, -0.15) is 0 Å². The van der Waals surface area contributed by atoms with Crippen molar-refractivity contribution in [2.45, 2.75) is 93.7 Å². The second-order valence-corrected chi connectivity index (χ2v) is 18.3. The first-order chi connectivity index (χ1) is 26.4. The molecular formula is C40H42FN5O7S2. The first kappa shape index (κ1) is 37.1. The van der Waals surface area contributed by atoms with Gasteiger partial charge in [0, 0.05) is 22.6 Å². The molecule has 55 heavy (non-hydrogen) atoms. The molecule has 2 aliphatic heterocycles. The summed E-state index contributed by atoms with van der Waals surface area (Å²) in [6.07, 6.45) is 7.21. The Morgan fingerprint density at radius 3 is 2.60 bits per heavy atom. The van der Waals surface area contributed by atoms with Crippen LogP contribution >= 0.6 is 11.3 Å². The lowest BCUT2D eigenvalue weighted by Crippen LogP contribution is -2.58. The molecule has 12 nitrogen and oxygen atoms in total. The van der Waals surface area contributed by atoms with E-state index in [4.69, 9.17) is 4.74 Å². The fraction of sp³-hybridized carbons (Fsp3) is 0.425. The molecule has 2 aromatic carbocycles. The van der Waals surface area contributed by atoms with E-state index in [9.17, 15) is 27.6 Å². The maximum Gasteiger partial charge on any atom is 0.262 e. The van der Waals surface area contributed by atoms with Crippen molar-refractivity contribution >= 4 is 66.7 Å². The van der Waals surface area contributed by atoms with Crippen molar-refractivity contribution in [3.8, 4) is 5.88 Å². The summed E-state index contributed by atoms with van der Waals surface area (Å²) in [7, 11) is -3.91. The van der Waals surface area contributed by atoms with Crippen molar-refractivity contribution in [2.75, 3.05) is 6.54 Å². The van der Waals surface area contributed by atoms with Gasteiger partial charge >= 0.3 is 0 Å². The molecule has 0 unspecified atom stereocenters. The van der Waals surface area contributed by atoms with Crippen LogP contribution in [0.5, 0.6) is 5.88 Å². The van der Waals surface area contributed by atoms with Gasteiger partial charge in [0.15, 0.2) is 0 Å². The molecular weight excluding hydrogens is 746 g/mol. The number of carbonyl (C=O) groups excluding carboxylic acids is 4. The number of aryl methyl sites for hydroxylation is 1. The number of hydrogen-bond acceptors (Lipinski definition) is 9. The number of fused-ring (bicyclic) bond motifs is 5. The Kier molecular flexibility index (Phi) is 9.86. The van der Waals surface area contributed by atoms with Crippen molar-refractivity contribution < 1.29 is 36.7 Å². The maximum absolute atomic E-state index is 15.5. The van der Waals surface area contributed by atoms with Gasteiger partial charge in [-0.1, -0.05) is 55.3 Å². The van der Waals surface area contributed by atoms with Crippen molar-refractivity contribution in [3.63, 3.8) is 0 Å². The molecule has 4 aromatic rings. The van der Waals surface area contributed by atoms with Crippen LogP contribution in [0.3, 0.4) is 0 Å². The number of benzene rings is 2. The average Bonchev–Trinajstić information content (AvgIpc) is 4.05. The number of pyridine rings is 1. The van der Waals surface area contributed by atoms with Gasteiger partial charge in [0.25, 0.3) is 11.8 Å². The fourth-order valence-electron chi connectivity index (χ4n) is 7.81. The van der Waals surface area contributed by atoms with Gasteiger partial charge in [0.1, 0.15) is 29.5 Å². The largest absolute Gasteiger partial charge is 0.472 e. The number of halogens is 1. The smallest absolute Gasteiger partial charge is 0.262 e. The molecule has 1 saturated heterocycles. The Hall–Kier alpha value is -4.89. The number of thiophene rings is 1. The van der Waals surface area contributed by atoms with Crippen LogP contribution < -0.4 is 20.1 Å². The summed E-state index contributed by atoms with van der Waals surface area (Å²) in [5.41, 5.74) is -0.960. The van der Waals surface area contributed by atoms with Gasteiger partial charge in [-0.15, -0.1) is 11.3 Å². The summed E-state index contributed by atoms with van der Waals surface area (Å²) in [6, 6.07) is 13.4. The summed E-state index contributed by atoms with van der Waals surface area (Å²) in [4.78, 5) is 63.7. The van der Waals surface area contributed by atoms with Gasteiger partial charge in [0.2, 0.25) is 27.7 Å². The normalized spacial score (nSPS) is 26.6. The zero-order valence-electron chi connectivity index (χ0n) is 30.3. The molecule has 3 fully saturated rings. The molecule has 15 heteroatoms. The lowest BCUT2D eigenvalue weighted by molar-refractivity contribution is -0.141. The number of aromatic nitrogens is 1. The number of hydrogen-bond donors (Lipinski definition) is 3. The molecule has 2 saturated carbocycles. The quantitative estimate of drug-likeness (QED) is 0.173. The van der Waals surface area contributed by atoms with E-state index in [1.807, 2.05) is 43.3 Å². The van der Waals surface area contributed by atoms with Crippen LogP contribution in [0.4, 0.5) is 4.39 Å². The Morgan fingerprint density at radius 2 is 1.82 bits per heavy atom. The zero-order chi connectivity index (χ0) is 38.5. The van der Waals surface area contributed by atoms with Crippen molar-refractivity contribution in [1.29, 1.82) is 0 Å². The predicted octanol–water partition coefficient (Wildman–Crippen LogP) is 5.05. The molecule has 4 heterocycles. The topological polar surface area (TPSA) is 164 Å². The average molecular weight is 788 g/mol. The number of ether oxygens (including phenoxy) is 1. The van der Waals surface area contributed by atoms with Crippen molar-refractivity contribution in [2.24, 2.45) is 5.92 Å². The maximum atomic E-state index is 15.5. The van der Waals surface area contributed by atoms with Crippen molar-refractivity contribution in [1.82, 2.24) is 25.2 Å². The summed E-state index contributed by atoms with van der Waals surface area (Å²) in [6.45, 7) is 1.79. The van der Waals surface area contributed by atoms with Crippen LogP contribution in [-0.4, -0.2) is 77.5 Å². The number of sulfonamides is 1. The molecule has 3 N–H and O–H groups in total. The van der Waals surface area contributed by atoms with E-state index in [1.54, 1.807) is 24.3 Å². The van der Waals surface area contributed by atoms with Crippen LogP contribution in [-0.2, 0) is 24.4 Å². The highest BCUT2D eigenvalue weighted by Gasteiger charge is 2.62. The lowest BCUT2D eigenvalue weighted by atomic mass is 10.0. The van der Waals surface area contributed by atoms with Gasteiger partial charge < -0.3 is 20.3 Å². The molecule has 2 aromatic heterocycles. The van der Waals surface area contributed by atoms with Crippen LogP contribution in [0.1, 0.15) is 72.3 Å². The van der Waals surface area contributed by atoms with Gasteiger partial charge in [-0.3, -0.25) is 23.9 Å². The number of amides is 4. The van der Waals surface area contributed by atoms with Gasteiger partial charge in [0.05, 0.1) is 27.6 Å². The second-order valence-electron chi connectivity index (χ2n) is 15.0. The Morgan fingerprint density at radius 1 is 1.02 bits per heavy atom. The minimum Gasteiger partial charge on any atom is -0.472 e. The SMILES string of the molecule is Cc1ccc(C(=O)N[C@H]2CCCCC/C=C\[C@@H]3C[C@@]3(C(=O)NS(=O)(=O)C3CC3)NC(=O)[C@@H]3C[C@@H](Oc4nc5ccccc5c5cccc(F)c45)CN3C2=O)s1. The summed E-state index contributed by atoms with van der Waals surface area (Å²) >= 11 is 1.31. The number of para-hydroxylation sites is 1. The Balaban J connectivity index is 1.13. The first-order valence-electron chi connectivity index (χ1n) is 18.8.